The van der Waals surface area contributed by atoms with Crippen molar-refractivity contribution in [1.82, 2.24) is 9.78 Å². The molecule has 0 saturated carbocycles. The van der Waals surface area contributed by atoms with Gasteiger partial charge in [-0.3, -0.25) is 4.79 Å². The zero-order chi connectivity index (χ0) is 20.1. The van der Waals surface area contributed by atoms with E-state index in [0.717, 1.165) is 4.68 Å². The van der Waals surface area contributed by atoms with E-state index in [0.29, 0.717) is 17.0 Å². The predicted octanol–water partition coefficient (Wildman–Crippen LogP) is 2.87. The summed E-state index contributed by atoms with van der Waals surface area (Å²) in [5.41, 5.74) is 1.51. The van der Waals surface area contributed by atoms with Gasteiger partial charge in [0, 0.05) is 5.69 Å². The summed E-state index contributed by atoms with van der Waals surface area (Å²) in [7, 11) is 1.36. The van der Waals surface area contributed by atoms with Crippen LogP contribution >= 0.6 is 11.6 Å². The van der Waals surface area contributed by atoms with Crippen molar-refractivity contribution in [1.29, 1.82) is 5.26 Å². The van der Waals surface area contributed by atoms with Crippen molar-refractivity contribution < 1.29 is 24.2 Å². The second-order valence-corrected chi connectivity index (χ2v) is 5.94. The van der Waals surface area contributed by atoms with Gasteiger partial charge in [-0.1, -0.05) is 11.6 Å². The summed E-state index contributed by atoms with van der Waals surface area (Å²) in [5.74, 6) is -1.52. The predicted molar refractivity (Wildman–Crippen MR) is 97.1 cm³/mol. The summed E-state index contributed by atoms with van der Waals surface area (Å²) < 4.78 is 11.4. The summed E-state index contributed by atoms with van der Waals surface area (Å²) in [6, 6.07) is 6.50. The normalized spacial score (nSPS) is 11.0. The fourth-order valence-corrected chi connectivity index (χ4v) is 2.63. The number of rotatable bonds is 6. The van der Waals surface area contributed by atoms with Gasteiger partial charge in [-0.2, -0.15) is 10.4 Å². The van der Waals surface area contributed by atoms with Crippen LogP contribution in [0.1, 0.15) is 21.7 Å². The molecule has 0 aliphatic rings. The number of aryl methyl sites for hydroxylation is 2. The number of nitriles is 1. The number of carbonyl (C=O) groups is 2. The van der Waals surface area contributed by atoms with Gasteiger partial charge in [-0.25, -0.2) is 9.48 Å². The van der Waals surface area contributed by atoms with Crippen LogP contribution < -0.4 is 9.47 Å². The Morgan fingerprint density at radius 1 is 1.37 bits per heavy atom. The molecule has 27 heavy (non-hydrogen) atoms. The van der Waals surface area contributed by atoms with E-state index in [4.69, 9.17) is 26.2 Å². The maximum Gasteiger partial charge on any atom is 0.341 e. The lowest BCUT2D eigenvalue weighted by molar-refractivity contribution is -0.139. The third-order valence-corrected chi connectivity index (χ3v) is 3.74. The molecule has 0 radical (unpaired) electrons. The molecule has 2 rings (SSSR count). The smallest absolute Gasteiger partial charge is 0.341 e. The van der Waals surface area contributed by atoms with Crippen LogP contribution in [-0.4, -0.2) is 40.5 Å². The molecule has 1 aromatic carbocycles. The van der Waals surface area contributed by atoms with Crippen LogP contribution in [0.5, 0.6) is 11.5 Å². The number of benzene rings is 1. The fourth-order valence-electron chi connectivity index (χ4n) is 2.35. The van der Waals surface area contributed by atoms with E-state index in [1.165, 1.54) is 25.3 Å². The molecular formula is C18H16ClN3O5. The Bertz CT molecular complexity index is 972. The van der Waals surface area contributed by atoms with E-state index in [1.807, 2.05) is 6.07 Å². The quantitative estimate of drug-likeness (QED) is 0.596. The molecule has 140 valence electrons. The number of halogens is 1. The van der Waals surface area contributed by atoms with E-state index in [1.54, 1.807) is 19.9 Å². The fraction of sp³-hybridized carbons (Fsp3) is 0.222. The van der Waals surface area contributed by atoms with Crippen molar-refractivity contribution in [2.45, 2.75) is 13.8 Å². The van der Waals surface area contributed by atoms with Crippen molar-refractivity contribution >= 4 is 29.6 Å². The maximum absolute atomic E-state index is 12.6. The number of carboxylic acid groups (broad SMARTS) is 1. The SMILES string of the molecule is COc1cc(/C=C(\C#N)C(=O)n2nc(C)cc2C)cc(Cl)c1OCC(=O)O. The van der Waals surface area contributed by atoms with Crippen molar-refractivity contribution in [2.75, 3.05) is 13.7 Å². The first kappa shape index (κ1) is 20.0. The highest BCUT2D eigenvalue weighted by molar-refractivity contribution is 6.32. The standard InChI is InChI=1S/C18H16ClN3O5/c1-10-4-11(2)22(21-10)18(25)13(8-20)5-12-6-14(19)17(15(7-12)26-3)27-9-16(23)24/h4-7H,9H2,1-3H3,(H,23,24)/b13-5+. The van der Waals surface area contributed by atoms with Gasteiger partial charge in [0.15, 0.2) is 18.1 Å². The number of methoxy groups -OCH3 is 1. The number of carbonyl (C=O) groups excluding carboxylic acids is 1. The molecule has 0 atom stereocenters. The van der Waals surface area contributed by atoms with Crippen LogP contribution in [0.4, 0.5) is 0 Å². The molecule has 2 aromatic rings. The number of hydrogen-bond donors (Lipinski definition) is 1. The third kappa shape index (κ3) is 4.65. The second kappa shape index (κ2) is 8.38. The summed E-state index contributed by atoms with van der Waals surface area (Å²) in [6.07, 6.45) is 1.34. The molecule has 9 heteroatoms. The van der Waals surface area contributed by atoms with Crippen LogP contribution in [0.2, 0.25) is 5.02 Å². The monoisotopic (exact) mass is 389 g/mol. The average molecular weight is 390 g/mol. The number of aromatic nitrogens is 2. The molecule has 0 amide bonds. The first-order valence-electron chi connectivity index (χ1n) is 7.68. The van der Waals surface area contributed by atoms with E-state index in [9.17, 15) is 14.9 Å². The van der Waals surface area contributed by atoms with Gasteiger partial charge in [0.2, 0.25) is 0 Å². The first-order valence-corrected chi connectivity index (χ1v) is 8.06. The highest BCUT2D eigenvalue weighted by Gasteiger charge is 2.17. The van der Waals surface area contributed by atoms with Crippen molar-refractivity contribution in [3.63, 3.8) is 0 Å². The van der Waals surface area contributed by atoms with Crippen molar-refractivity contribution in [2.24, 2.45) is 0 Å². The largest absolute Gasteiger partial charge is 0.493 e. The summed E-state index contributed by atoms with van der Waals surface area (Å²) >= 11 is 6.14. The number of hydrogen-bond acceptors (Lipinski definition) is 6. The van der Waals surface area contributed by atoms with Crippen molar-refractivity contribution in [3.05, 3.63) is 45.7 Å². The van der Waals surface area contributed by atoms with Gasteiger partial charge in [0.1, 0.15) is 11.6 Å². The van der Waals surface area contributed by atoms with Gasteiger partial charge in [0.25, 0.3) is 5.91 Å². The lowest BCUT2D eigenvalue weighted by Gasteiger charge is -2.12. The summed E-state index contributed by atoms with van der Waals surface area (Å²) in [5, 5.41) is 22.3. The Kier molecular flexibility index (Phi) is 6.21. The minimum atomic E-state index is -1.17. The molecule has 1 heterocycles. The second-order valence-electron chi connectivity index (χ2n) is 5.53. The number of nitrogens with zero attached hydrogens (tertiary/aromatic N) is 3. The molecule has 0 aliphatic heterocycles. The molecule has 8 nitrogen and oxygen atoms in total. The molecule has 0 bridgehead atoms. The van der Waals surface area contributed by atoms with Crippen LogP contribution in [0.15, 0.2) is 23.8 Å². The number of ether oxygens (including phenoxy) is 2. The Morgan fingerprint density at radius 3 is 2.59 bits per heavy atom. The number of aliphatic carboxylic acids is 1. The lowest BCUT2D eigenvalue weighted by atomic mass is 10.1. The number of allylic oxidation sites excluding steroid dienone is 1. The lowest BCUT2D eigenvalue weighted by Crippen LogP contribution is -2.15. The highest BCUT2D eigenvalue weighted by Crippen LogP contribution is 2.37. The molecule has 0 fully saturated rings. The molecule has 0 aliphatic carbocycles. The van der Waals surface area contributed by atoms with Gasteiger partial charge in [0.05, 0.1) is 17.8 Å². The summed E-state index contributed by atoms with van der Waals surface area (Å²) in [4.78, 5) is 23.2. The van der Waals surface area contributed by atoms with Crippen LogP contribution in [0, 0.1) is 25.2 Å². The first-order chi connectivity index (χ1) is 12.8. The van der Waals surface area contributed by atoms with Gasteiger partial charge < -0.3 is 14.6 Å². The zero-order valence-corrected chi connectivity index (χ0v) is 15.6. The Hall–Kier alpha value is -3.31. The molecule has 0 spiro atoms. The van der Waals surface area contributed by atoms with E-state index in [-0.39, 0.29) is 22.1 Å². The van der Waals surface area contributed by atoms with Crippen LogP contribution in [0.3, 0.4) is 0 Å². The maximum atomic E-state index is 12.6. The number of carboxylic acids is 1. The van der Waals surface area contributed by atoms with Gasteiger partial charge >= 0.3 is 5.97 Å². The minimum Gasteiger partial charge on any atom is -0.493 e. The molecule has 1 aromatic heterocycles. The Balaban J connectivity index is 2.42. The van der Waals surface area contributed by atoms with Crippen LogP contribution in [-0.2, 0) is 4.79 Å². The Labute approximate surface area is 160 Å². The van der Waals surface area contributed by atoms with E-state index in [2.05, 4.69) is 5.10 Å². The van der Waals surface area contributed by atoms with Gasteiger partial charge in [-0.15, -0.1) is 0 Å². The van der Waals surface area contributed by atoms with Crippen molar-refractivity contribution in [3.8, 4) is 17.6 Å². The minimum absolute atomic E-state index is 0.0575. The highest BCUT2D eigenvalue weighted by atomic mass is 35.5. The van der Waals surface area contributed by atoms with Gasteiger partial charge in [-0.05, 0) is 43.7 Å². The molecule has 0 unspecified atom stereocenters. The van der Waals surface area contributed by atoms with Crippen LogP contribution in [0.25, 0.3) is 6.08 Å². The molecule has 0 saturated heterocycles. The average Bonchev–Trinajstić information content (AvgIpc) is 2.95. The molecule has 1 N–H and O–H groups in total. The third-order valence-electron chi connectivity index (χ3n) is 3.46. The van der Waals surface area contributed by atoms with E-state index < -0.39 is 18.5 Å². The summed E-state index contributed by atoms with van der Waals surface area (Å²) in [6.45, 7) is 2.86. The molecular weight excluding hydrogens is 374 g/mol. The topological polar surface area (TPSA) is 114 Å². The van der Waals surface area contributed by atoms with E-state index >= 15 is 0 Å². The Morgan fingerprint density at radius 2 is 2.07 bits per heavy atom. The zero-order valence-electron chi connectivity index (χ0n) is 14.8.